The molecule has 1 rings (SSSR count). The van der Waals surface area contributed by atoms with E-state index in [0.717, 1.165) is 50.7 Å². The Balaban J connectivity index is 2.45. The molecule has 1 aliphatic rings. The van der Waals surface area contributed by atoms with Crippen molar-refractivity contribution in [1.82, 2.24) is 4.90 Å². The van der Waals surface area contributed by atoms with Crippen molar-refractivity contribution in [3.63, 3.8) is 0 Å². The van der Waals surface area contributed by atoms with E-state index in [2.05, 4.69) is 22.9 Å². The number of hydrogen-bond acceptors (Lipinski definition) is 2. The van der Waals surface area contributed by atoms with Crippen molar-refractivity contribution in [3.8, 4) is 0 Å². The number of alkyl halides is 1. The van der Waals surface area contributed by atoms with E-state index in [0.29, 0.717) is 0 Å². The number of amides is 1. The van der Waals surface area contributed by atoms with Gasteiger partial charge in [-0.15, -0.1) is 0 Å². The first-order valence-corrected chi connectivity index (χ1v) is 6.88. The van der Waals surface area contributed by atoms with Gasteiger partial charge in [-0.05, 0) is 25.7 Å². The molecule has 0 radical (unpaired) electrons. The summed E-state index contributed by atoms with van der Waals surface area (Å²) in [5, 5.41) is 0.839. The second kappa shape index (κ2) is 7.23. The number of ether oxygens (including phenoxy) is 1. The van der Waals surface area contributed by atoms with Crippen LogP contribution in [0.1, 0.15) is 32.6 Å². The molecule has 1 heterocycles. The molecule has 1 amide bonds. The molecule has 1 unspecified atom stereocenters. The summed E-state index contributed by atoms with van der Waals surface area (Å²) in [6.07, 6.45) is 3.93. The fraction of sp³-hybridized carbons (Fsp3) is 0.909. The molecular weight excluding hydrogens is 258 g/mol. The highest BCUT2D eigenvalue weighted by molar-refractivity contribution is 9.09. The Labute approximate surface area is 100 Å². The third-order valence-corrected chi connectivity index (χ3v) is 2.97. The van der Waals surface area contributed by atoms with Crippen molar-refractivity contribution >= 4 is 21.8 Å². The first-order valence-electron chi connectivity index (χ1n) is 5.76. The average Bonchev–Trinajstić information content (AvgIpc) is 2.29. The molecule has 1 saturated heterocycles. The van der Waals surface area contributed by atoms with E-state index in [-0.39, 0.29) is 12.0 Å². The van der Waals surface area contributed by atoms with Gasteiger partial charge in [-0.2, -0.15) is 0 Å². The van der Waals surface area contributed by atoms with Crippen LogP contribution in [0.4, 0.5) is 0 Å². The zero-order valence-electron chi connectivity index (χ0n) is 9.38. The molecule has 0 N–H and O–H groups in total. The fourth-order valence-corrected chi connectivity index (χ4v) is 2.27. The van der Waals surface area contributed by atoms with Crippen LogP contribution in [0, 0.1) is 0 Å². The van der Waals surface area contributed by atoms with Gasteiger partial charge >= 0.3 is 0 Å². The number of hydrogen-bond donors (Lipinski definition) is 0. The highest BCUT2D eigenvalue weighted by Crippen LogP contribution is 2.15. The number of halogens is 1. The Hall–Kier alpha value is -0.0900. The molecule has 0 saturated carbocycles. The third-order valence-electron chi connectivity index (χ3n) is 2.61. The van der Waals surface area contributed by atoms with Gasteiger partial charge in [0, 0.05) is 25.0 Å². The summed E-state index contributed by atoms with van der Waals surface area (Å²) in [7, 11) is 0. The predicted molar refractivity (Wildman–Crippen MR) is 64.3 cm³/mol. The van der Waals surface area contributed by atoms with Gasteiger partial charge < -0.3 is 9.64 Å². The molecule has 1 fully saturated rings. The monoisotopic (exact) mass is 277 g/mol. The van der Waals surface area contributed by atoms with Crippen LogP contribution < -0.4 is 0 Å². The lowest BCUT2D eigenvalue weighted by atomic mass is 10.1. The van der Waals surface area contributed by atoms with Crippen molar-refractivity contribution < 1.29 is 9.53 Å². The smallest absolute Gasteiger partial charge is 0.251 e. The largest absolute Gasteiger partial charge is 0.368 e. The van der Waals surface area contributed by atoms with Crippen molar-refractivity contribution in [2.24, 2.45) is 0 Å². The summed E-state index contributed by atoms with van der Waals surface area (Å²) in [6, 6.07) is 0. The molecule has 0 bridgehead atoms. The number of carbonyl (C=O) groups excluding carboxylic acids is 1. The standard InChI is InChI=1S/C11H20BrNO2/c1-2-7-13(8-6-12)11(14)10-5-3-4-9-15-10/h10H,2-9H2,1H3. The lowest BCUT2D eigenvalue weighted by Gasteiger charge is -2.28. The zero-order valence-corrected chi connectivity index (χ0v) is 11.0. The van der Waals surface area contributed by atoms with Crippen LogP contribution in [0.5, 0.6) is 0 Å². The number of nitrogens with zero attached hydrogens (tertiary/aromatic N) is 1. The summed E-state index contributed by atoms with van der Waals surface area (Å²) >= 11 is 3.38. The van der Waals surface area contributed by atoms with Crippen LogP contribution in [0.25, 0.3) is 0 Å². The van der Waals surface area contributed by atoms with Crippen molar-refractivity contribution in [1.29, 1.82) is 0 Å². The maximum atomic E-state index is 12.1. The summed E-state index contributed by atoms with van der Waals surface area (Å²) in [5.41, 5.74) is 0. The van der Waals surface area contributed by atoms with Gasteiger partial charge in [-0.1, -0.05) is 22.9 Å². The van der Waals surface area contributed by atoms with Gasteiger partial charge in [-0.3, -0.25) is 4.79 Å². The van der Waals surface area contributed by atoms with E-state index in [9.17, 15) is 4.79 Å². The Morgan fingerprint density at radius 2 is 2.27 bits per heavy atom. The molecule has 1 aliphatic heterocycles. The molecule has 88 valence electrons. The topological polar surface area (TPSA) is 29.5 Å². The van der Waals surface area contributed by atoms with Crippen LogP contribution in [0.3, 0.4) is 0 Å². The van der Waals surface area contributed by atoms with E-state index in [4.69, 9.17) is 4.74 Å². The van der Waals surface area contributed by atoms with Gasteiger partial charge in [0.1, 0.15) is 6.10 Å². The molecular formula is C11H20BrNO2. The van der Waals surface area contributed by atoms with Crippen molar-refractivity contribution in [3.05, 3.63) is 0 Å². The third kappa shape index (κ3) is 4.11. The Morgan fingerprint density at radius 1 is 1.47 bits per heavy atom. The summed E-state index contributed by atoms with van der Waals surface area (Å²) in [5.74, 6) is 0.177. The van der Waals surface area contributed by atoms with Crippen LogP contribution in [-0.2, 0) is 9.53 Å². The summed E-state index contributed by atoms with van der Waals surface area (Å²) < 4.78 is 5.51. The van der Waals surface area contributed by atoms with Crippen molar-refractivity contribution in [2.45, 2.75) is 38.7 Å². The SMILES string of the molecule is CCCN(CCBr)C(=O)C1CCCCO1. The summed E-state index contributed by atoms with van der Waals surface area (Å²) in [4.78, 5) is 14.0. The fourth-order valence-electron chi connectivity index (χ4n) is 1.84. The lowest BCUT2D eigenvalue weighted by Crippen LogP contribution is -2.43. The molecule has 15 heavy (non-hydrogen) atoms. The molecule has 4 heteroatoms. The van der Waals surface area contributed by atoms with Crippen LogP contribution in [0.15, 0.2) is 0 Å². The molecule has 0 aromatic rings. The summed E-state index contributed by atoms with van der Waals surface area (Å²) in [6.45, 7) is 4.46. The minimum absolute atomic E-state index is 0.177. The minimum Gasteiger partial charge on any atom is -0.368 e. The van der Waals surface area contributed by atoms with E-state index in [1.807, 2.05) is 4.90 Å². The molecule has 0 aromatic heterocycles. The minimum atomic E-state index is -0.177. The van der Waals surface area contributed by atoms with E-state index in [1.165, 1.54) is 0 Å². The van der Waals surface area contributed by atoms with E-state index in [1.54, 1.807) is 0 Å². The number of rotatable bonds is 5. The predicted octanol–water partition coefficient (Wildman–Crippen LogP) is 2.19. The molecule has 1 atom stereocenters. The highest BCUT2D eigenvalue weighted by atomic mass is 79.9. The van der Waals surface area contributed by atoms with Gasteiger partial charge in [0.05, 0.1) is 0 Å². The quantitative estimate of drug-likeness (QED) is 0.721. The van der Waals surface area contributed by atoms with Crippen LogP contribution in [-0.4, -0.2) is 41.9 Å². The Morgan fingerprint density at radius 3 is 2.80 bits per heavy atom. The lowest BCUT2D eigenvalue weighted by molar-refractivity contribution is -0.146. The van der Waals surface area contributed by atoms with Crippen LogP contribution in [0.2, 0.25) is 0 Å². The normalized spacial score (nSPS) is 21.3. The van der Waals surface area contributed by atoms with Gasteiger partial charge in [0.25, 0.3) is 5.91 Å². The number of carbonyl (C=O) groups is 1. The maximum Gasteiger partial charge on any atom is 0.251 e. The molecule has 0 aromatic carbocycles. The zero-order chi connectivity index (χ0) is 11.1. The van der Waals surface area contributed by atoms with Crippen molar-refractivity contribution in [2.75, 3.05) is 25.0 Å². The maximum absolute atomic E-state index is 12.1. The second-order valence-corrected chi connectivity index (χ2v) is 4.66. The molecule has 0 spiro atoms. The first kappa shape index (κ1) is 13.0. The first-order chi connectivity index (χ1) is 7.29. The average molecular weight is 278 g/mol. The second-order valence-electron chi connectivity index (χ2n) is 3.87. The van der Waals surface area contributed by atoms with Gasteiger partial charge in [-0.25, -0.2) is 0 Å². The van der Waals surface area contributed by atoms with Crippen LogP contribution >= 0.6 is 15.9 Å². The molecule has 3 nitrogen and oxygen atoms in total. The Bertz CT molecular complexity index is 187. The van der Waals surface area contributed by atoms with Gasteiger partial charge in [0.15, 0.2) is 0 Å². The van der Waals surface area contributed by atoms with Gasteiger partial charge in [0.2, 0.25) is 0 Å². The highest BCUT2D eigenvalue weighted by Gasteiger charge is 2.25. The molecule has 0 aliphatic carbocycles. The Kier molecular flexibility index (Phi) is 6.25. The van der Waals surface area contributed by atoms with E-state index < -0.39 is 0 Å². The van der Waals surface area contributed by atoms with E-state index >= 15 is 0 Å².